The van der Waals surface area contributed by atoms with Crippen molar-refractivity contribution < 1.29 is 15.0 Å². The second-order valence-corrected chi connectivity index (χ2v) is 5.03. The number of aliphatic hydroxyl groups excluding tert-OH is 1. The fourth-order valence-corrected chi connectivity index (χ4v) is 2.01. The maximum Gasteiger partial charge on any atom is 0.320 e. The standard InChI is InChI=1S/C15H23NO3/c1-5-13(16-11(4)15(18)19)14(17)12-7-6-9(2)10(3)8-12/h6-8,11,13-14,16-17H,5H2,1-4H3,(H,18,19). The number of aliphatic hydroxyl groups is 1. The Balaban J connectivity index is 2.85. The highest BCUT2D eigenvalue weighted by molar-refractivity contribution is 5.72. The first-order chi connectivity index (χ1) is 8.86. The second-order valence-electron chi connectivity index (χ2n) is 5.03. The van der Waals surface area contributed by atoms with Gasteiger partial charge in [0.05, 0.1) is 6.10 Å². The summed E-state index contributed by atoms with van der Waals surface area (Å²) >= 11 is 0. The van der Waals surface area contributed by atoms with Crippen LogP contribution in [0.25, 0.3) is 0 Å². The van der Waals surface area contributed by atoms with E-state index in [-0.39, 0.29) is 6.04 Å². The van der Waals surface area contributed by atoms with Crippen LogP contribution in [0.15, 0.2) is 18.2 Å². The zero-order valence-electron chi connectivity index (χ0n) is 12.0. The molecule has 0 radical (unpaired) electrons. The number of carboxylic acids is 1. The molecule has 1 aromatic carbocycles. The molecule has 0 bridgehead atoms. The molecule has 4 nitrogen and oxygen atoms in total. The molecule has 0 fully saturated rings. The van der Waals surface area contributed by atoms with Gasteiger partial charge in [-0.15, -0.1) is 0 Å². The Labute approximate surface area is 114 Å². The first kappa shape index (κ1) is 15.7. The Hall–Kier alpha value is -1.39. The van der Waals surface area contributed by atoms with Gasteiger partial charge in [-0.1, -0.05) is 25.1 Å². The van der Waals surface area contributed by atoms with Crippen LogP contribution in [0.1, 0.15) is 43.1 Å². The molecular formula is C15H23NO3. The molecule has 3 unspecified atom stereocenters. The van der Waals surface area contributed by atoms with Crippen LogP contribution < -0.4 is 5.32 Å². The highest BCUT2D eigenvalue weighted by Gasteiger charge is 2.23. The Morgan fingerprint density at radius 3 is 2.42 bits per heavy atom. The first-order valence-corrected chi connectivity index (χ1v) is 6.60. The summed E-state index contributed by atoms with van der Waals surface area (Å²) in [5.41, 5.74) is 3.12. The van der Waals surface area contributed by atoms with Gasteiger partial charge in [0.15, 0.2) is 0 Å². The fraction of sp³-hybridized carbons (Fsp3) is 0.533. The van der Waals surface area contributed by atoms with Crippen LogP contribution in [0.2, 0.25) is 0 Å². The number of rotatable bonds is 6. The van der Waals surface area contributed by atoms with Gasteiger partial charge in [0.1, 0.15) is 6.04 Å². The lowest BCUT2D eigenvalue weighted by atomic mass is 9.96. The molecule has 1 aromatic rings. The monoisotopic (exact) mass is 265 g/mol. The maximum atomic E-state index is 10.9. The molecule has 0 saturated carbocycles. The third-order valence-corrected chi connectivity index (χ3v) is 3.53. The third kappa shape index (κ3) is 4.04. The van der Waals surface area contributed by atoms with Crippen molar-refractivity contribution in [2.24, 2.45) is 0 Å². The SMILES string of the molecule is CCC(NC(C)C(=O)O)C(O)c1ccc(C)c(C)c1. The molecule has 0 saturated heterocycles. The van der Waals surface area contributed by atoms with E-state index in [1.54, 1.807) is 6.92 Å². The molecule has 3 N–H and O–H groups in total. The summed E-state index contributed by atoms with van der Waals surface area (Å²) < 4.78 is 0. The molecule has 0 aromatic heterocycles. The Morgan fingerprint density at radius 1 is 1.32 bits per heavy atom. The lowest BCUT2D eigenvalue weighted by Crippen LogP contribution is -2.44. The summed E-state index contributed by atoms with van der Waals surface area (Å²) in [7, 11) is 0. The predicted octanol–water partition coefficient (Wildman–Crippen LogP) is 2.18. The summed E-state index contributed by atoms with van der Waals surface area (Å²) in [6, 6.07) is 4.87. The fourth-order valence-electron chi connectivity index (χ4n) is 2.01. The third-order valence-electron chi connectivity index (χ3n) is 3.53. The summed E-state index contributed by atoms with van der Waals surface area (Å²) in [5.74, 6) is -0.911. The van der Waals surface area contributed by atoms with Crippen LogP contribution in [0, 0.1) is 13.8 Å². The zero-order valence-corrected chi connectivity index (χ0v) is 12.0. The van der Waals surface area contributed by atoms with E-state index in [0.29, 0.717) is 6.42 Å². The highest BCUT2D eigenvalue weighted by Crippen LogP contribution is 2.21. The van der Waals surface area contributed by atoms with Gasteiger partial charge in [0.2, 0.25) is 0 Å². The normalized spacial score (nSPS) is 15.8. The van der Waals surface area contributed by atoms with Gasteiger partial charge in [0.25, 0.3) is 0 Å². The Kier molecular flexibility index (Phi) is 5.51. The minimum Gasteiger partial charge on any atom is -0.480 e. The van der Waals surface area contributed by atoms with Gasteiger partial charge < -0.3 is 10.2 Å². The molecule has 1 rings (SSSR count). The number of benzene rings is 1. The van der Waals surface area contributed by atoms with Crippen molar-refractivity contribution >= 4 is 5.97 Å². The maximum absolute atomic E-state index is 10.9. The molecule has 0 aliphatic rings. The Morgan fingerprint density at radius 2 is 1.95 bits per heavy atom. The van der Waals surface area contributed by atoms with Crippen LogP contribution in [0.5, 0.6) is 0 Å². The van der Waals surface area contributed by atoms with E-state index in [2.05, 4.69) is 5.32 Å². The average Bonchev–Trinajstić information content (AvgIpc) is 2.37. The number of hydrogen-bond acceptors (Lipinski definition) is 3. The quantitative estimate of drug-likeness (QED) is 0.737. The predicted molar refractivity (Wildman–Crippen MR) is 75.2 cm³/mol. The summed E-state index contributed by atoms with van der Waals surface area (Å²) in [4.78, 5) is 10.9. The minimum atomic E-state index is -0.911. The van der Waals surface area contributed by atoms with Gasteiger partial charge >= 0.3 is 5.97 Å². The van der Waals surface area contributed by atoms with Crippen molar-refractivity contribution in [1.29, 1.82) is 0 Å². The molecule has 0 aliphatic carbocycles. The molecule has 0 aliphatic heterocycles. The summed E-state index contributed by atoms with van der Waals surface area (Å²) in [6.45, 7) is 7.53. The van der Waals surface area contributed by atoms with Crippen molar-refractivity contribution in [2.75, 3.05) is 0 Å². The van der Waals surface area contributed by atoms with Crippen molar-refractivity contribution in [3.05, 3.63) is 34.9 Å². The number of hydrogen-bond donors (Lipinski definition) is 3. The van der Waals surface area contributed by atoms with Crippen LogP contribution in [0.3, 0.4) is 0 Å². The van der Waals surface area contributed by atoms with Gasteiger partial charge in [0, 0.05) is 6.04 Å². The number of aliphatic carboxylic acids is 1. The molecule has 0 spiro atoms. The van der Waals surface area contributed by atoms with E-state index in [0.717, 1.165) is 11.1 Å². The number of aryl methyl sites for hydroxylation is 2. The topological polar surface area (TPSA) is 69.6 Å². The van der Waals surface area contributed by atoms with Gasteiger partial charge in [-0.05, 0) is 43.9 Å². The van der Waals surface area contributed by atoms with E-state index in [1.807, 2.05) is 39.0 Å². The molecule has 4 heteroatoms. The van der Waals surface area contributed by atoms with Crippen LogP contribution in [-0.2, 0) is 4.79 Å². The average molecular weight is 265 g/mol. The minimum absolute atomic E-state index is 0.270. The van der Waals surface area contributed by atoms with E-state index in [1.165, 1.54) is 5.56 Å². The van der Waals surface area contributed by atoms with Gasteiger partial charge in [-0.3, -0.25) is 10.1 Å². The van der Waals surface area contributed by atoms with Crippen molar-refractivity contribution in [3.63, 3.8) is 0 Å². The Bertz CT molecular complexity index is 445. The van der Waals surface area contributed by atoms with Gasteiger partial charge in [-0.25, -0.2) is 0 Å². The smallest absolute Gasteiger partial charge is 0.320 e. The van der Waals surface area contributed by atoms with E-state index < -0.39 is 18.1 Å². The number of carbonyl (C=O) groups is 1. The second kappa shape index (κ2) is 6.68. The number of nitrogens with one attached hydrogen (secondary N) is 1. The summed E-state index contributed by atoms with van der Waals surface area (Å²) in [6.07, 6.45) is -0.0442. The lowest BCUT2D eigenvalue weighted by molar-refractivity contribution is -0.139. The van der Waals surface area contributed by atoms with Crippen LogP contribution in [0.4, 0.5) is 0 Å². The largest absolute Gasteiger partial charge is 0.480 e. The van der Waals surface area contributed by atoms with E-state index >= 15 is 0 Å². The van der Waals surface area contributed by atoms with Crippen LogP contribution in [-0.4, -0.2) is 28.3 Å². The van der Waals surface area contributed by atoms with E-state index in [9.17, 15) is 9.90 Å². The van der Waals surface area contributed by atoms with E-state index in [4.69, 9.17) is 5.11 Å². The van der Waals surface area contributed by atoms with Crippen molar-refractivity contribution in [2.45, 2.75) is 52.3 Å². The molecule has 106 valence electrons. The van der Waals surface area contributed by atoms with Gasteiger partial charge in [-0.2, -0.15) is 0 Å². The van der Waals surface area contributed by atoms with Crippen LogP contribution >= 0.6 is 0 Å². The molecular weight excluding hydrogens is 242 g/mol. The van der Waals surface area contributed by atoms with Crippen molar-refractivity contribution in [1.82, 2.24) is 5.32 Å². The van der Waals surface area contributed by atoms with Crippen molar-refractivity contribution in [3.8, 4) is 0 Å². The first-order valence-electron chi connectivity index (χ1n) is 6.60. The summed E-state index contributed by atoms with van der Waals surface area (Å²) in [5, 5.41) is 22.2. The molecule has 19 heavy (non-hydrogen) atoms. The molecule has 0 heterocycles. The molecule has 3 atom stereocenters. The zero-order chi connectivity index (χ0) is 14.6. The lowest BCUT2D eigenvalue weighted by Gasteiger charge is -2.25. The molecule has 0 amide bonds. The number of carboxylic acid groups (broad SMARTS) is 1. The highest BCUT2D eigenvalue weighted by atomic mass is 16.4.